The Bertz CT molecular complexity index is 873. The van der Waals surface area contributed by atoms with Crippen LogP contribution in [0.2, 0.25) is 0 Å². The van der Waals surface area contributed by atoms with Gasteiger partial charge in [0, 0.05) is 25.8 Å². The Morgan fingerprint density at radius 3 is 2.73 bits per heavy atom. The molecule has 4 N–H and O–H groups in total. The van der Waals surface area contributed by atoms with Gasteiger partial charge in [0.25, 0.3) is 0 Å². The smallest absolute Gasteiger partial charge is 0.238 e. The van der Waals surface area contributed by atoms with E-state index in [2.05, 4.69) is 43.8 Å². The average Bonchev–Trinajstić information content (AvgIpc) is 3.36. The molecular formula is C20H26N6O2S2. The maximum absolute atomic E-state index is 12.2. The summed E-state index contributed by atoms with van der Waals surface area (Å²) >= 11 is 6.61. The minimum absolute atomic E-state index is 0.0796. The van der Waals surface area contributed by atoms with E-state index in [1.807, 2.05) is 18.2 Å². The van der Waals surface area contributed by atoms with E-state index in [9.17, 15) is 9.59 Å². The molecule has 1 saturated carbocycles. The largest absolute Gasteiger partial charge is 0.361 e. The first-order valence-corrected chi connectivity index (χ1v) is 11.2. The zero-order valence-electron chi connectivity index (χ0n) is 16.8. The number of carbonyl (C=O) groups excluding carboxylic acids is 2. The van der Waals surface area contributed by atoms with Crippen LogP contribution in [0.5, 0.6) is 0 Å². The monoisotopic (exact) mass is 446 g/mol. The SMILES string of the molecule is CC(=O)Nc1nnc([C@H]2CC[C@@H](CC(=O)NNC(=S)NCCc3ccccc3)C2)s1. The minimum atomic E-state index is -0.154. The molecule has 2 aromatic rings. The second-order valence-corrected chi connectivity index (χ2v) is 8.79. The fourth-order valence-electron chi connectivity index (χ4n) is 3.53. The Labute approximate surface area is 185 Å². The van der Waals surface area contributed by atoms with Crippen molar-refractivity contribution < 1.29 is 9.59 Å². The maximum atomic E-state index is 12.2. The number of nitrogens with one attached hydrogen (secondary N) is 4. The molecule has 1 fully saturated rings. The molecule has 2 atom stereocenters. The molecule has 0 radical (unpaired) electrons. The number of benzene rings is 1. The lowest BCUT2D eigenvalue weighted by Gasteiger charge is -2.13. The molecule has 0 unspecified atom stereocenters. The number of hydrogen-bond donors (Lipinski definition) is 4. The number of hydrogen-bond acceptors (Lipinski definition) is 6. The van der Waals surface area contributed by atoms with Crippen molar-refractivity contribution in [1.82, 2.24) is 26.4 Å². The number of amides is 2. The van der Waals surface area contributed by atoms with Gasteiger partial charge in [-0.05, 0) is 49.4 Å². The summed E-state index contributed by atoms with van der Waals surface area (Å²) in [4.78, 5) is 23.3. The van der Waals surface area contributed by atoms with Gasteiger partial charge >= 0.3 is 0 Å². The standard InChI is InChI=1S/C20H26N6O2S2/c1-13(27)22-20-26-24-18(30-20)16-8-7-15(11-16)12-17(28)23-25-19(29)21-10-9-14-5-3-2-4-6-14/h2-6,15-16H,7-12H2,1H3,(H,23,28)(H2,21,25,29)(H,22,26,27)/t15-,16+/m1/s1. The van der Waals surface area contributed by atoms with E-state index in [0.717, 1.165) is 30.7 Å². The summed E-state index contributed by atoms with van der Waals surface area (Å²) in [6, 6.07) is 10.1. The summed E-state index contributed by atoms with van der Waals surface area (Å²) < 4.78 is 0. The number of rotatable bonds is 7. The van der Waals surface area contributed by atoms with Crippen LogP contribution in [0.15, 0.2) is 30.3 Å². The van der Waals surface area contributed by atoms with Gasteiger partial charge in [-0.15, -0.1) is 10.2 Å². The predicted molar refractivity (Wildman–Crippen MR) is 121 cm³/mol. The fourth-order valence-corrected chi connectivity index (χ4v) is 4.62. The normalized spacial score (nSPS) is 17.9. The number of thiocarbonyl (C=S) groups is 1. The van der Waals surface area contributed by atoms with Crippen LogP contribution < -0.4 is 21.5 Å². The van der Waals surface area contributed by atoms with Crippen LogP contribution in [0.4, 0.5) is 5.13 Å². The van der Waals surface area contributed by atoms with Crippen molar-refractivity contribution in [2.45, 2.75) is 44.9 Å². The number of hydrazine groups is 1. The lowest BCUT2D eigenvalue weighted by Crippen LogP contribution is -2.47. The molecule has 0 bridgehead atoms. The Balaban J connectivity index is 1.32. The third kappa shape index (κ3) is 7.03. The third-order valence-corrected chi connectivity index (χ3v) is 6.19. The van der Waals surface area contributed by atoms with Gasteiger partial charge < -0.3 is 10.6 Å². The predicted octanol–water partition coefficient (Wildman–Crippen LogP) is 2.51. The molecule has 1 aromatic heterocycles. The highest BCUT2D eigenvalue weighted by molar-refractivity contribution is 7.80. The molecule has 1 aliphatic carbocycles. The van der Waals surface area contributed by atoms with Gasteiger partial charge in [0.05, 0.1) is 0 Å². The first kappa shape index (κ1) is 22.1. The second-order valence-electron chi connectivity index (χ2n) is 7.37. The molecule has 160 valence electrons. The Morgan fingerprint density at radius 2 is 1.97 bits per heavy atom. The van der Waals surface area contributed by atoms with Gasteiger partial charge in [-0.1, -0.05) is 41.7 Å². The highest BCUT2D eigenvalue weighted by atomic mass is 32.1. The lowest BCUT2D eigenvalue weighted by molar-refractivity contribution is -0.122. The third-order valence-electron chi connectivity index (χ3n) is 4.95. The Morgan fingerprint density at radius 1 is 1.17 bits per heavy atom. The van der Waals surface area contributed by atoms with Gasteiger partial charge in [-0.25, -0.2) is 0 Å². The summed E-state index contributed by atoms with van der Waals surface area (Å²) in [6.45, 7) is 2.14. The van der Waals surface area contributed by atoms with Crippen molar-refractivity contribution in [2.75, 3.05) is 11.9 Å². The first-order chi connectivity index (χ1) is 14.5. The van der Waals surface area contributed by atoms with Crippen LogP contribution in [0.3, 0.4) is 0 Å². The van der Waals surface area contributed by atoms with Crippen molar-refractivity contribution in [3.05, 3.63) is 40.9 Å². The number of carbonyl (C=O) groups is 2. The topological polar surface area (TPSA) is 108 Å². The van der Waals surface area contributed by atoms with E-state index < -0.39 is 0 Å². The van der Waals surface area contributed by atoms with Crippen LogP contribution in [-0.4, -0.2) is 33.7 Å². The molecule has 1 aliphatic rings. The molecule has 1 heterocycles. The average molecular weight is 447 g/mol. The summed E-state index contributed by atoms with van der Waals surface area (Å²) in [7, 11) is 0. The molecule has 3 rings (SSSR count). The first-order valence-electron chi connectivity index (χ1n) is 9.97. The maximum Gasteiger partial charge on any atom is 0.238 e. The quantitative estimate of drug-likeness (QED) is 0.382. The van der Waals surface area contributed by atoms with E-state index in [4.69, 9.17) is 12.2 Å². The van der Waals surface area contributed by atoms with Crippen LogP contribution in [0.1, 0.15) is 49.1 Å². The van der Waals surface area contributed by atoms with Crippen LogP contribution in [0, 0.1) is 5.92 Å². The van der Waals surface area contributed by atoms with Gasteiger partial charge in [-0.3, -0.25) is 20.4 Å². The van der Waals surface area contributed by atoms with Crippen molar-refractivity contribution in [3.8, 4) is 0 Å². The van der Waals surface area contributed by atoms with Crippen LogP contribution in [0.25, 0.3) is 0 Å². The molecule has 1 aromatic carbocycles. The van der Waals surface area contributed by atoms with E-state index in [0.29, 0.717) is 29.1 Å². The fraction of sp³-hybridized carbons (Fsp3) is 0.450. The molecule has 10 heteroatoms. The highest BCUT2D eigenvalue weighted by Crippen LogP contribution is 2.41. The van der Waals surface area contributed by atoms with Crippen molar-refractivity contribution in [3.63, 3.8) is 0 Å². The lowest BCUT2D eigenvalue weighted by atomic mass is 10.0. The van der Waals surface area contributed by atoms with Gasteiger partial charge in [-0.2, -0.15) is 0 Å². The summed E-state index contributed by atoms with van der Waals surface area (Å²) in [5.74, 6) is 0.351. The molecule has 0 spiro atoms. The zero-order chi connectivity index (χ0) is 21.3. The van der Waals surface area contributed by atoms with Gasteiger partial charge in [0.1, 0.15) is 5.01 Å². The van der Waals surface area contributed by atoms with Crippen LogP contribution >= 0.6 is 23.6 Å². The second kappa shape index (κ2) is 11.0. The Hall–Kier alpha value is -2.59. The number of nitrogens with zero attached hydrogens (tertiary/aromatic N) is 2. The molecule has 2 amide bonds. The van der Waals surface area contributed by atoms with E-state index in [1.165, 1.54) is 23.8 Å². The summed E-state index contributed by atoms with van der Waals surface area (Å²) in [6.07, 6.45) is 4.12. The Kier molecular flexibility index (Phi) is 8.09. The molecule has 30 heavy (non-hydrogen) atoms. The summed E-state index contributed by atoms with van der Waals surface area (Å²) in [5, 5.41) is 15.8. The van der Waals surface area contributed by atoms with E-state index in [1.54, 1.807) is 0 Å². The van der Waals surface area contributed by atoms with Crippen LogP contribution in [-0.2, 0) is 16.0 Å². The van der Waals surface area contributed by atoms with Crippen molar-refractivity contribution in [1.29, 1.82) is 0 Å². The molecule has 0 saturated heterocycles. The van der Waals surface area contributed by atoms with Crippen molar-refractivity contribution in [2.24, 2.45) is 5.92 Å². The number of anilines is 1. The van der Waals surface area contributed by atoms with E-state index >= 15 is 0 Å². The van der Waals surface area contributed by atoms with Gasteiger partial charge in [0.2, 0.25) is 16.9 Å². The minimum Gasteiger partial charge on any atom is -0.361 e. The highest BCUT2D eigenvalue weighted by Gasteiger charge is 2.30. The molecular weight excluding hydrogens is 420 g/mol. The van der Waals surface area contributed by atoms with Crippen molar-refractivity contribution >= 4 is 45.6 Å². The molecule has 8 nitrogen and oxygen atoms in total. The number of aromatic nitrogens is 2. The van der Waals surface area contributed by atoms with E-state index in [-0.39, 0.29) is 17.7 Å². The zero-order valence-corrected chi connectivity index (χ0v) is 18.4. The molecule has 0 aliphatic heterocycles. The summed E-state index contributed by atoms with van der Waals surface area (Å²) in [5.41, 5.74) is 6.67. The van der Waals surface area contributed by atoms with Gasteiger partial charge in [0.15, 0.2) is 5.11 Å².